The van der Waals surface area contributed by atoms with Crippen molar-refractivity contribution in [1.82, 2.24) is 9.36 Å². The van der Waals surface area contributed by atoms with Gasteiger partial charge in [0.1, 0.15) is 11.6 Å². The standard InChI is InChI=1S/C11H13FN4S/c12-9-3-1-2-8(6-9)7-10-15-11(17-16-10)14-5-4-13/h1-3,6H,4-5,7,13H2,(H,14,15,16). The van der Waals surface area contributed by atoms with Crippen LogP contribution in [-0.4, -0.2) is 22.4 Å². The number of hydrogen-bond donors (Lipinski definition) is 2. The molecule has 1 heterocycles. The van der Waals surface area contributed by atoms with Crippen LogP contribution >= 0.6 is 11.5 Å². The number of benzene rings is 1. The van der Waals surface area contributed by atoms with Gasteiger partial charge in [-0.2, -0.15) is 4.37 Å². The van der Waals surface area contributed by atoms with Gasteiger partial charge < -0.3 is 11.1 Å². The summed E-state index contributed by atoms with van der Waals surface area (Å²) in [4.78, 5) is 4.29. The molecule has 0 saturated heterocycles. The predicted molar refractivity (Wildman–Crippen MR) is 66.7 cm³/mol. The van der Waals surface area contributed by atoms with Crippen molar-refractivity contribution in [2.45, 2.75) is 6.42 Å². The van der Waals surface area contributed by atoms with Crippen LogP contribution in [0, 0.1) is 5.82 Å². The Balaban J connectivity index is 2.01. The molecular weight excluding hydrogens is 239 g/mol. The Morgan fingerprint density at radius 2 is 2.29 bits per heavy atom. The molecule has 1 aromatic carbocycles. The quantitative estimate of drug-likeness (QED) is 0.849. The first-order valence-electron chi connectivity index (χ1n) is 5.29. The minimum Gasteiger partial charge on any atom is -0.359 e. The number of nitrogens with two attached hydrogens (primary N) is 1. The maximum atomic E-state index is 13.0. The van der Waals surface area contributed by atoms with E-state index in [9.17, 15) is 4.39 Å². The maximum absolute atomic E-state index is 13.0. The molecule has 0 aliphatic heterocycles. The Bertz CT molecular complexity index is 486. The van der Waals surface area contributed by atoms with Crippen LogP contribution < -0.4 is 11.1 Å². The van der Waals surface area contributed by atoms with Crippen molar-refractivity contribution < 1.29 is 4.39 Å². The van der Waals surface area contributed by atoms with Gasteiger partial charge in [-0.05, 0) is 17.7 Å². The van der Waals surface area contributed by atoms with Crippen molar-refractivity contribution in [2.75, 3.05) is 18.4 Å². The van der Waals surface area contributed by atoms with Gasteiger partial charge in [-0.15, -0.1) is 0 Å². The van der Waals surface area contributed by atoms with Gasteiger partial charge in [0.05, 0.1) is 0 Å². The van der Waals surface area contributed by atoms with Gasteiger partial charge in [-0.3, -0.25) is 0 Å². The van der Waals surface area contributed by atoms with Crippen LogP contribution in [0.4, 0.5) is 9.52 Å². The molecule has 6 heteroatoms. The number of halogens is 1. The smallest absolute Gasteiger partial charge is 0.202 e. The van der Waals surface area contributed by atoms with Gasteiger partial charge in [0.25, 0.3) is 0 Å². The fourth-order valence-electron chi connectivity index (χ4n) is 1.41. The average molecular weight is 252 g/mol. The first-order chi connectivity index (χ1) is 8.28. The van der Waals surface area contributed by atoms with Crippen molar-refractivity contribution in [1.29, 1.82) is 0 Å². The molecule has 0 spiro atoms. The summed E-state index contributed by atoms with van der Waals surface area (Å²) in [5.74, 6) is 0.458. The van der Waals surface area contributed by atoms with E-state index in [0.717, 1.165) is 10.7 Å². The number of anilines is 1. The Morgan fingerprint density at radius 3 is 3.06 bits per heavy atom. The molecule has 0 aliphatic carbocycles. The molecule has 2 aromatic rings. The van der Waals surface area contributed by atoms with Crippen molar-refractivity contribution in [3.05, 3.63) is 41.5 Å². The molecule has 17 heavy (non-hydrogen) atoms. The number of hydrogen-bond acceptors (Lipinski definition) is 5. The molecule has 1 aromatic heterocycles. The van der Waals surface area contributed by atoms with Crippen LogP contribution in [0.3, 0.4) is 0 Å². The van der Waals surface area contributed by atoms with E-state index in [2.05, 4.69) is 14.7 Å². The van der Waals surface area contributed by atoms with Gasteiger partial charge in [0.2, 0.25) is 5.13 Å². The van der Waals surface area contributed by atoms with Crippen LogP contribution in [0.1, 0.15) is 11.4 Å². The molecular formula is C11H13FN4S. The average Bonchev–Trinajstić information content (AvgIpc) is 2.74. The number of nitrogens with one attached hydrogen (secondary N) is 1. The molecule has 0 atom stereocenters. The van der Waals surface area contributed by atoms with Gasteiger partial charge in [-0.1, -0.05) is 12.1 Å². The topological polar surface area (TPSA) is 63.8 Å². The highest BCUT2D eigenvalue weighted by molar-refractivity contribution is 7.09. The lowest BCUT2D eigenvalue weighted by Crippen LogP contribution is -2.12. The van der Waals surface area contributed by atoms with E-state index in [4.69, 9.17) is 5.73 Å². The predicted octanol–water partition coefficient (Wildman–Crippen LogP) is 1.64. The van der Waals surface area contributed by atoms with Crippen LogP contribution in [-0.2, 0) is 6.42 Å². The Hall–Kier alpha value is -1.53. The third-order valence-corrected chi connectivity index (χ3v) is 2.85. The van der Waals surface area contributed by atoms with Gasteiger partial charge in [-0.25, -0.2) is 9.37 Å². The molecule has 0 fully saturated rings. The summed E-state index contributed by atoms with van der Waals surface area (Å²) in [6.07, 6.45) is 0.540. The van der Waals surface area contributed by atoms with Crippen LogP contribution in [0.25, 0.3) is 0 Å². The summed E-state index contributed by atoms with van der Waals surface area (Å²) in [5, 5.41) is 3.81. The summed E-state index contributed by atoms with van der Waals surface area (Å²) in [6, 6.07) is 6.46. The zero-order valence-corrected chi connectivity index (χ0v) is 10.0. The molecule has 90 valence electrons. The second kappa shape index (κ2) is 5.70. The van der Waals surface area contributed by atoms with Gasteiger partial charge >= 0.3 is 0 Å². The highest BCUT2D eigenvalue weighted by Gasteiger charge is 2.05. The lowest BCUT2D eigenvalue weighted by atomic mass is 10.1. The first-order valence-corrected chi connectivity index (χ1v) is 6.06. The largest absolute Gasteiger partial charge is 0.359 e. The lowest BCUT2D eigenvalue weighted by molar-refractivity contribution is 0.626. The van der Waals surface area contributed by atoms with Crippen LogP contribution in [0.5, 0.6) is 0 Å². The van der Waals surface area contributed by atoms with Gasteiger partial charge in [0.15, 0.2) is 0 Å². The van der Waals surface area contributed by atoms with Crippen molar-refractivity contribution in [3.63, 3.8) is 0 Å². The van der Waals surface area contributed by atoms with Crippen molar-refractivity contribution in [2.24, 2.45) is 5.73 Å². The van der Waals surface area contributed by atoms with E-state index in [1.165, 1.54) is 23.7 Å². The third kappa shape index (κ3) is 3.47. The lowest BCUT2D eigenvalue weighted by Gasteiger charge is -1.98. The van der Waals surface area contributed by atoms with E-state index in [1.807, 2.05) is 6.07 Å². The zero-order valence-electron chi connectivity index (χ0n) is 9.19. The molecule has 0 radical (unpaired) electrons. The summed E-state index contributed by atoms with van der Waals surface area (Å²) in [5.41, 5.74) is 6.24. The Morgan fingerprint density at radius 1 is 1.41 bits per heavy atom. The zero-order chi connectivity index (χ0) is 12.1. The number of rotatable bonds is 5. The fourth-order valence-corrected chi connectivity index (χ4v) is 2.02. The van der Waals surface area contributed by atoms with E-state index in [-0.39, 0.29) is 5.82 Å². The highest BCUT2D eigenvalue weighted by atomic mass is 32.1. The van der Waals surface area contributed by atoms with Crippen molar-refractivity contribution >= 4 is 16.7 Å². The molecule has 0 bridgehead atoms. The van der Waals surface area contributed by atoms with E-state index in [1.54, 1.807) is 6.07 Å². The van der Waals surface area contributed by atoms with Crippen LogP contribution in [0.15, 0.2) is 24.3 Å². The second-order valence-corrected chi connectivity index (χ2v) is 4.29. The molecule has 2 rings (SSSR count). The summed E-state index contributed by atoms with van der Waals surface area (Å²) in [6.45, 7) is 1.23. The molecule has 0 unspecified atom stereocenters. The highest BCUT2D eigenvalue weighted by Crippen LogP contribution is 2.14. The van der Waals surface area contributed by atoms with E-state index >= 15 is 0 Å². The summed E-state index contributed by atoms with van der Waals surface area (Å²) < 4.78 is 17.2. The molecule has 0 aliphatic rings. The maximum Gasteiger partial charge on any atom is 0.202 e. The molecule has 0 amide bonds. The van der Waals surface area contributed by atoms with Crippen LogP contribution in [0.2, 0.25) is 0 Å². The van der Waals surface area contributed by atoms with E-state index in [0.29, 0.717) is 25.3 Å². The molecule has 0 saturated carbocycles. The molecule has 4 nitrogen and oxygen atoms in total. The SMILES string of the molecule is NCCNc1nc(Cc2cccc(F)c2)ns1. The summed E-state index contributed by atoms with van der Waals surface area (Å²) >= 11 is 1.29. The monoisotopic (exact) mass is 252 g/mol. The third-order valence-electron chi connectivity index (χ3n) is 2.14. The van der Waals surface area contributed by atoms with E-state index < -0.39 is 0 Å². The minimum atomic E-state index is -0.237. The molecule has 3 N–H and O–H groups in total. The fraction of sp³-hybridized carbons (Fsp3) is 0.273. The van der Waals surface area contributed by atoms with Crippen molar-refractivity contribution in [3.8, 4) is 0 Å². The number of nitrogens with zero attached hydrogens (tertiary/aromatic N) is 2. The minimum absolute atomic E-state index is 0.237. The second-order valence-electron chi connectivity index (χ2n) is 3.54. The first kappa shape index (κ1) is 11.9. The summed E-state index contributed by atoms with van der Waals surface area (Å²) in [7, 11) is 0. The Kier molecular flexibility index (Phi) is 4.00. The Labute approximate surface area is 103 Å². The van der Waals surface area contributed by atoms with Gasteiger partial charge in [0, 0.05) is 31.0 Å². The normalized spacial score (nSPS) is 10.5. The number of aromatic nitrogens is 2.